The number of piperidine rings is 1. The van der Waals surface area contributed by atoms with Gasteiger partial charge in [0.2, 0.25) is 5.91 Å². The quantitative estimate of drug-likeness (QED) is 0.799. The monoisotopic (exact) mass is 433 g/mol. The van der Waals surface area contributed by atoms with Crippen LogP contribution in [-0.4, -0.2) is 47.5 Å². The molecule has 7 nitrogen and oxygen atoms in total. The molecule has 0 aliphatic carbocycles. The number of nitrogens with one attached hydrogen (secondary N) is 1. The molecule has 0 spiro atoms. The van der Waals surface area contributed by atoms with E-state index in [2.05, 4.69) is 20.2 Å². The first-order valence-corrected chi connectivity index (χ1v) is 10.4. The van der Waals surface area contributed by atoms with Gasteiger partial charge in [-0.05, 0) is 43.9 Å². The Balaban J connectivity index is 1.47. The number of nitrogens with zero attached hydrogens (tertiary/aromatic N) is 4. The lowest BCUT2D eigenvalue weighted by atomic mass is 10.0. The molecule has 2 fully saturated rings. The minimum absolute atomic E-state index is 0.174. The van der Waals surface area contributed by atoms with Crippen molar-refractivity contribution in [1.29, 1.82) is 0 Å². The lowest BCUT2D eigenvalue weighted by molar-refractivity contribution is -0.121. The molecule has 1 aromatic carbocycles. The van der Waals surface area contributed by atoms with Crippen LogP contribution in [0.5, 0.6) is 0 Å². The Kier molecular flexibility index (Phi) is 5.87. The van der Waals surface area contributed by atoms with Crippen LogP contribution < -0.4 is 15.1 Å². The maximum absolute atomic E-state index is 13.0. The van der Waals surface area contributed by atoms with E-state index in [4.69, 9.17) is 23.2 Å². The van der Waals surface area contributed by atoms with E-state index >= 15 is 0 Å². The average molecular weight is 434 g/mol. The number of anilines is 2. The highest BCUT2D eigenvalue weighted by Crippen LogP contribution is 2.29. The predicted molar refractivity (Wildman–Crippen MR) is 113 cm³/mol. The fourth-order valence-electron chi connectivity index (χ4n) is 3.71. The summed E-state index contributed by atoms with van der Waals surface area (Å²) in [5, 5.41) is 3.64. The maximum Gasteiger partial charge on any atom is 0.272 e. The van der Waals surface area contributed by atoms with Gasteiger partial charge in [0.1, 0.15) is 17.6 Å². The van der Waals surface area contributed by atoms with Gasteiger partial charge in [-0.25, -0.2) is 4.98 Å². The fraction of sp³-hybridized carbons (Fsp3) is 0.400. The molecule has 152 valence electrons. The second-order valence-corrected chi connectivity index (χ2v) is 8.03. The van der Waals surface area contributed by atoms with Crippen molar-refractivity contribution in [2.75, 3.05) is 29.4 Å². The van der Waals surface area contributed by atoms with E-state index in [-0.39, 0.29) is 11.6 Å². The third-order valence-electron chi connectivity index (χ3n) is 5.24. The summed E-state index contributed by atoms with van der Waals surface area (Å²) in [6.07, 6.45) is 6.65. The smallest absolute Gasteiger partial charge is 0.272 e. The lowest BCUT2D eigenvalue weighted by Crippen LogP contribution is -2.52. The van der Waals surface area contributed by atoms with Crippen LogP contribution in [0.25, 0.3) is 0 Å². The van der Waals surface area contributed by atoms with Crippen molar-refractivity contribution in [3.63, 3.8) is 0 Å². The Bertz CT molecular complexity index is 933. The van der Waals surface area contributed by atoms with Gasteiger partial charge in [0.25, 0.3) is 5.91 Å². The van der Waals surface area contributed by atoms with Crippen LogP contribution >= 0.6 is 23.2 Å². The second-order valence-electron chi connectivity index (χ2n) is 7.21. The zero-order chi connectivity index (χ0) is 20.4. The molecule has 0 saturated carbocycles. The molecule has 1 N–H and O–H groups in total. The molecule has 2 saturated heterocycles. The summed E-state index contributed by atoms with van der Waals surface area (Å²) in [7, 11) is 0. The third-order valence-corrected chi connectivity index (χ3v) is 5.98. The highest BCUT2D eigenvalue weighted by molar-refractivity contribution is 6.42. The van der Waals surface area contributed by atoms with Gasteiger partial charge in [-0.15, -0.1) is 0 Å². The van der Waals surface area contributed by atoms with Crippen molar-refractivity contribution in [3.8, 4) is 0 Å². The largest absolute Gasteiger partial charge is 0.355 e. The van der Waals surface area contributed by atoms with Crippen LogP contribution in [0, 0.1) is 0 Å². The molecular formula is C20H21Cl2N5O2. The van der Waals surface area contributed by atoms with E-state index in [9.17, 15) is 9.59 Å². The van der Waals surface area contributed by atoms with E-state index < -0.39 is 11.9 Å². The average Bonchev–Trinajstić information content (AvgIpc) is 3.27. The Morgan fingerprint density at radius 1 is 1.07 bits per heavy atom. The summed E-state index contributed by atoms with van der Waals surface area (Å²) in [6.45, 7) is 2.40. The molecule has 2 aliphatic heterocycles. The third kappa shape index (κ3) is 4.31. The first-order valence-electron chi connectivity index (χ1n) is 9.67. The molecular weight excluding hydrogens is 413 g/mol. The topological polar surface area (TPSA) is 78.4 Å². The van der Waals surface area contributed by atoms with Gasteiger partial charge in [0.05, 0.1) is 22.4 Å². The molecule has 29 heavy (non-hydrogen) atoms. The first kappa shape index (κ1) is 19.9. The molecule has 2 amide bonds. The van der Waals surface area contributed by atoms with Crippen LogP contribution in [0.1, 0.15) is 36.2 Å². The molecule has 0 radical (unpaired) electrons. The van der Waals surface area contributed by atoms with Crippen LogP contribution in [0.2, 0.25) is 10.0 Å². The second kappa shape index (κ2) is 8.55. The van der Waals surface area contributed by atoms with E-state index in [0.29, 0.717) is 34.5 Å². The highest BCUT2D eigenvalue weighted by atomic mass is 35.5. The van der Waals surface area contributed by atoms with Crippen molar-refractivity contribution < 1.29 is 9.59 Å². The Labute approximate surface area is 179 Å². The number of carbonyl (C=O) groups is 2. The minimum atomic E-state index is -0.622. The summed E-state index contributed by atoms with van der Waals surface area (Å²) < 4.78 is 0. The number of amides is 2. The summed E-state index contributed by atoms with van der Waals surface area (Å²) in [4.78, 5) is 38.0. The Morgan fingerprint density at radius 2 is 1.86 bits per heavy atom. The van der Waals surface area contributed by atoms with Gasteiger partial charge < -0.3 is 15.1 Å². The van der Waals surface area contributed by atoms with Gasteiger partial charge in [-0.3, -0.25) is 14.6 Å². The Morgan fingerprint density at radius 3 is 2.62 bits per heavy atom. The summed E-state index contributed by atoms with van der Waals surface area (Å²) >= 11 is 12.1. The zero-order valence-corrected chi connectivity index (χ0v) is 17.3. The summed E-state index contributed by atoms with van der Waals surface area (Å²) in [6, 6.07) is 4.45. The van der Waals surface area contributed by atoms with Crippen LogP contribution in [0.3, 0.4) is 0 Å². The number of aromatic nitrogens is 2. The summed E-state index contributed by atoms with van der Waals surface area (Å²) in [5.41, 5.74) is 0.882. The number of halogens is 2. The number of rotatable bonds is 4. The minimum Gasteiger partial charge on any atom is -0.355 e. The standard InChI is InChI=1S/C20H21Cl2N5O2/c21-14-6-5-13(10-15(14)22)27-9-3-4-16(20(27)29)25-19(28)17-11-23-12-18(24-17)26-7-1-2-8-26/h5-6,10-12,16H,1-4,7-9H2,(H,25,28). The molecule has 1 aromatic heterocycles. The Hall–Kier alpha value is -2.38. The number of hydrogen-bond acceptors (Lipinski definition) is 5. The molecule has 2 aromatic rings. The predicted octanol–water partition coefficient (Wildman–Crippen LogP) is 3.31. The van der Waals surface area contributed by atoms with E-state index in [1.165, 1.54) is 6.20 Å². The van der Waals surface area contributed by atoms with Crippen LogP contribution in [-0.2, 0) is 4.79 Å². The maximum atomic E-state index is 13.0. The van der Waals surface area contributed by atoms with Crippen LogP contribution in [0.15, 0.2) is 30.6 Å². The van der Waals surface area contributed by atoms with Crippen molar-refractivity contribution in [1.82, 2.24) is 15.3 Å². The molecule has 9 heteroatoms. The van der Waals surface area contributed by atoms with Gasteiger partial charge >= 0.3 is 0 Å². The molecule has 0 bridgehead atoms. The fourth-order valence-corrected chi connectivity index (χ4v) is 4.01. The number of carbonyl (C=O) groups excluding carboxylic acids is 2. The SMILES string of the molecule is O=C(NC1CCCN(c2ccc(Cl)c(Cl)c2)C1=O)c1cncc(N2CCCC2)n1. The lowest BCUT2D eigenvalue weighted by Gasteiger charge is -2.32. The molecule has 2 aliphatic rings. The highest BCUT2D eigenvalue weighted by Gasteiger charge is 2.31. The molecule has 4 rings (SSSR count). The van der Waals surface area contributed by atoms with Gasteiger partial charge in [0, 0.05) is 25.3 Å². The van der Waals surface area contributed by atoms with E-state index in [1.54, 1.807) is 29.3 Å². The number of hydrogen-bond donors (Lipinski definition) is 1. The van der Waals surface area contributed by atoms with Crippen molar-refractivity contribution in [2.45, 2.75) is 31.7 Å². The molecule has 1 atom stereocenters. The van der Waals surface area contributed by atoms with Crippen molar-refractivity contribution in [3.05, 3.63) is 46.3 Å². The van der Waals surface area contributed by atoms with Crippen molar-refractivity contribution in [2.24, 2.45) is 0 Å². The van der Waals surface area contributed by atoms with Gasteiger partial charge in [-0.2, -0.15) is 0 Å². The zero-order valence-electron chi connectivity index (χ0n) is 15.8. The normalized spacial score (nSPS) is 19.5. The van der Waals surface area contributed by atoms with E-state index in [1.807, 2.05) is 0 Å². The van der Waals surface area contributed by atoms with Crippen molar-refractivity contribution >= 4 is 46.5 Å². The van der Waals surface area contributed by atoms with Gasteiger partial charge in [-0.1, -0.05) is 23.2 Å². The van der Waals surface area contributed by atoms with Gasteiger partial charge in [0.15, 0.2) is 0 Å². The molecule has 3 heterocycles. The van der Waals surface area contributed by atoms with Crippen LogP contribution in [0.4, 0.5) is 11.5 Å². The first-order chi connectivity index (χ1) is 14.0. The number of benzene rings is 1. The molecule has 1 unspecified atom stereocenters. The summed E-state index contributed by atoms with van der Waals surface area (Å²) in [5.74, 6) is 0.127. The van der Waals surface area contributed by atoms with E-state index in [0.717, 1.165) is 32.4 Å².